The molecule has 8 aromatic carbocycles. The average molecular weight is 625 g/mol. The molecule has 3 heteroatoms. The summed E-state index contributed by atoms with van der Waals surface area (Å²) in [5, 5.41) is 11.0. The standard InChI is InChI=1S/C46H28N2O/c1-2-10-33(11-3-1)48-43-17-9-6-14-39(43)45-40-28-30(21-25-44(40)49-46(45)48)29-20-23-35-31(26-29)18-19-32-27-34(22-24-36(32)35)47-41-15-7-4-12-37(41)38-13-5-8-16-42(38)47/h1-28H. The molecule has 0 aliphatic rings. The van der Waals surface area contributed by atoms with Crippen LogP contribution in [0.15, 0.2) is 174 Å². The van der Waals surface area contributed by atoms with Crippen LogP contribution in [0, 0.1) is 0 Å². The summed E-state index contributed by atoms with van der Waals surface area (Å²) in [6, 6.07) is 61.3. The van der Waals surface area contributed by atoms with E-state index in [0.29, 0.717) is 0 Å². The number of aromatic nitrogens is 2. The monoisotopic (exact) mass is 624 g/mol. The van der Waals surface area contributed by atoms with Gasteiger partial charge in [-0.3, -0.25) is 4.57 Å². The number of benzene rings is 8. The van der Waals surface area contributed by atoms with Gasteiger partial charge in [-0.15, -0.1) is 0 Å². The van der Waals surface area contributed by atoms with Crippen LogP contribution in [-0.4, -0.2) is 9.13 Å². The molecule has 3 heterocycles. The zero-order valence-electron chi connectivity index (χ0n) is 26.5. The van der Waals surface area contributed by atoms with E-state index in [2.05, 4.69) is 173 Å². The van der Waals surface area contributed by atoms with Gasteiger partial charge in [0.1, 0.15) is 5.58 Å². The second kappa shape index (κ2) is 9.96. The van der Waals surface area contributed by atoms with Gasteiger partial charge in [0.2, 0.25) is 5.71 Å². The maximum atomic E-state index is 6.58. The largest absolute Gasteiger partial charge is 0.439 e. The molecule has 3 nitrogen and oxygen atoms in total. The lowest BCUT2D eigenvalue weighted by Gasteiger charge is -2.11. The smallest absolute Gasteiger partial charge is 0.213 e. The van der Waals surface area contributed by atoms with Crippen LogP contribution in [0.3, 0.4) is 0 Å². The van der Waals surface area contributed by atoms with Crippen LogP contribution in [0.1, 0.15) is 0 Å². The Labute approximate surface area is 281 Å². The van der Waals surface area contributed by atoms with Crippen LogP contribution in [0.25, 0.3) is 98.8 Å². The summed E-state index contributed by atoms with van der Waals surface area (Å²) in [6.45, 7) is 0. The molecule has 0 saturated heterocycles. The van der Waals surface area contributed by atoms with Crippen LogP contribution >= 0.6 is 0 Å². The Morgan fingerprint density at radius 1 is 0.347 bits per heavy atom. The van der Waals surface area contributed by atoms with Crippen LogP contribution in [0.4, 0.5) is 0 Å². The van der Waals surface area contributed by atoms with E-state index in [1.807, 2.05) is 6.07 Å². The zero-order chi connectivity index (χ0) is 32.1. The van der Waals surface area contributed by atoms with Crippen molar-refractivity contribution in [2.24, 2.45) is 0 Å². The molecule has 3 aromatic heterocycles. The van der Waals surface area contributed by atoms with Gasteiger partial charge in [-0.25, -0.2) is 0 Å². The third-order valence-electron chi connectivity index (χ3n) is 10.3. The van der Waals surface area contributed by atoms with Crippen molar-refractivity contribution in [3.8, 4) is 22.5 Å². The van der Waals surface area contributed by atoms with Gasteiger partial charge in [0.15, 0.2) is 0 Å². The van der Waals surface area contributed by atoms with Gasteiger partial charge in [-0.1, -0.05) is 109 Å². The highest BCUT2D eigenvalue weighted by Crippen LogP contribution is 2.41. The van der Waals surface area contributed by atoms with E-state index in [4.69, 9.17) is 4.42 Å². The van der Waals surface area contributed by atoms with Crippen LogP contribution in [0.2, 0.25) is 0 Å². The summed E-state index contributed by atoms with van der Waals surface area (Å²) in [4.78, 5) is 0. The van der Waals surface area contributed by atoms with E-state index in [9.17, 15) is 0 Å². The SMILES string of the molecule is c1ccc(-n2c3ccccc3c3c4cc(-c5ccc6c(ccc7cc(-n8c9ccccc9c9ccccc98)ccc76)c5)ccc4oc32)cc1. The Balaban J connectivity index is 1.04. The number of nitrogens with zero attached hydrogens (tertiary/aromatic N) is 2. The number of hydrogen-bond donors (Lipinski definition) is 0. The summed E-state index contributed by atoms with van der Waals surface area (Å²) in [5.41, 5.74) is 10.0. The first kappa shape index (κ1) is 26.5. The van der Waals surface area contributed by atoms with Gasteiger partial charge in [0.25, 0.3) is 0 Å². The predicted molar refractivity (Wildman–Crippen MR) is 205 cm³/mol. The first-order chi connectivity index (χ1) is 24.3. The first-order valence-corrected chi connectivity index (χ1v) is 16.8. The molecule has 0 saturated carbocycles. The van der Waals surface area contributed by atoms with Crippen molar-refractivity contribution in [1.82, 2.24) is 9.13 Å². The van der Waals surface area contributed by atoms with Gasteiger partial charge in [-0.05, 0) is 93.3 Å². The number of para-hydroxylation sites is 4. The Bertz CT molecular complexity index is 3050. The minimum atomic E-state index is 0.879. The zero-order valence-corrected chi connectivity index (χ0v) is 26.5. The highest BCUT2D eigenvalue weighted by molar-refractivity contribution is 6.20. The van der Waals surface area contributed by atoms with Crippen molar-refractivity contribution in [1.29, 1.82) is 0 Å². The van der Waals surface area contributed by atoms with E-state index < -0.39 is 0 Å². The number of hydrogen-bond acceptors (Lipinski definition) is 1. The Hall–Kier alpha value is -6.58. The fourth-order valence-electron chi connectivity index (χ4n) is 8.08. The molecule has 11 rings (SSSR count). The topological polar surface area (TPSA) is 23.0 Å². The number of fused-ring (bicyclic) bond motifs is 11. The van der Waals surface area contributed by atoms with Crippen molar-refractivity contribution in [2.45, 2.75) is 0 Å². The average Bonchev–Trinajstić information content (AvgIpc) is 3.81. The summed E-state index contributed by atoms with van der Waals surface area (Å²) in [6.07, 6.45) is 0. The molecule has 0 N–H and O–H groups in total. The Kier molecular flexibility index (Phi) is 5.38. The van der Waals surface area contributed by atoms with Crippen molar-refractivity contribution in [3.05, 3.63) is 170 Å². The molecule has 0 aliphatic carbocycles. The third kappa shape index (κ3) is 3.78. The van der Waals surface area contributed by atoms with E-state index in [1.54, 1.807) is 0 Å². The maximum absolute atomic E-state index is 6.58. The third-order valence-corrected chi connectivity index (χ3v) is 10.3. The van der Waals surface area contributed by atoms with Gasteiger partial charge in [-0.2, -0.15) is 0 Å². The fourth-order valence-corrected chi connectivity index (χ4v) is 8.08. The predicted octanol–water partition coefficient (Wildman–Crippen LogP) is 12.6. The second-order valence-electron chi connectivity index (χ2n) is 13.0. The van der Waals surface area contributed by atoms with Gasteiger partial charge < -0.3 is 8.98 Å². The summed E-state index contributed by atoms with van der Waals surface area (Å²) in [7, 11) is 0. The second-order valence-corrected chi connectivity index (χ2v) is 13.0. The van der Waals surface area contributed by atoms with Gasteiger partial charge >= 0.3 is 0 Å². The minimum absolute atomic E-state index is 0.879. The summed E-state index contributed by atoms with van der Waals surface area (Å²) in [5.74, 6) is 0. The molecule has 228 valence electrons. The van der Waals surface area contributed by atoms with Crippen molar-refractivity contribution >= 4 is 76.3 Å². The molecule has 0 atom stereocenters. The lowest BCUT2D eigenvalue weighted by atomic mass is 9.96. The molecule has 11 aromatic rings. The van der Waals surface area contributed by atoms with Gasteiger partial charge in [0.05, 0.1) is 21.9 Å². The van der Waals surface area contributed by atoms with E-state index in [0.717, 1.165) is 33.3 Å². The molecule has 0 fully saturated rings. The quantitative estimate of drug-likeness (QED) is 0.179. The van der Waals surface area contributed by atoms with Crippen LogP contribution < -0.4 is 0 Å². The van der Waals surface area contributed by atoms with Gasteiger partial charge in [0, 0.05) is 32.9 Å². The molecule has 0 radical (unpaired) electrons. The molecular weight excluding hydrogens is 597 g/mol. The molecule has 0 amide bonds. The molecule has 0 aliphatic heterocycles. The van der Waals surface area contributed by atoms with Crippen LogP contribution in [-0.2, 0) is 0 Å². The number of rotatable bonds is 3. The lowest BCUT2D eigenvalue weighted by Crippen LogP contribution is -1.93. The highest BCUT2D eigenvalue weighted by atomic mass is 16.3. The highest BCUT2D eigenvalue weighted by Gasteiger charge is 2.20. The molecule has 0 bridgehead atoms. The van der Waals surface area contributed by atoms with E-state index in [-0.39, 0.29) is 0 Å². The normalized spacial score (nSPS) is 12.1. The first-order valence-electron chi connectivity index (χ1n) is 16.8. The fraction of sp³-hybridized carbons (Fsp3) is 0. The maximum Gasteiger partial charge on any atom is 0.213 e. The van der Waals surface area contributed by atoms with Crippen molar-refractivity contribution in [3.63, 3.8) is 0 Å². The van der Waals surface area contributed by atoms with Crippen LogP contribution in [0.5, 0.6) is 0 Å². The lowest BCUT2D eigenvalue weighted by molar-refractivity contribution is 0.645. The Morgan fingerprint density at radius 3 is 1.65 bits per heavy atom. The van der Waals surface area contributed by atoms with Crippen molar-refractivity contribution < 1.29 is 4.42 Å². The molecule has 49 heavy (non-hydrogen) atoms. The summed E-state index contributed by atoms with van der Waals surface area (Å²) >= 11 is 0. The number of furan rings is 1. The Morgan fingerprint density at radius 2 is 0.918 bits per heavy atom. The van der Waals surface area contributed by atoms with Crippen molar-refractivity contribution in [2.75, 3.05) is 0 Å². The molecule has 0 spiro atoms. The van der Waals surface area contributed by atoms with E-state index in [1.165, 1.54) is 65.6 Å². The molecular formula is C46H28N2O. The van der Waals surface area contributed by atoms with E-state index >= 15 is 0 Å². The minimum Gasteiger partial charge on any atom is -0.439 e. The summed E-state index contributed by atoms with van der Waals surface area (Å²) < 4.78 is 11.2. The molecule has 0 unspecified atom stereocenters.